The van der Waals surface area contributed by atoms with Gasteiger partial charge < -0.3 is 10.2 Å². The molecule has 0 spiro atoms. The summed E-state index contributed by atoms with van der Waals surface area (Å²) in [6.45, 7) is 0. The van der Waals surface area contributed by atoms with Gasteiger partial charge in [-0.15, -0.1) is 0 Å². The molecule has 0 bridgehead atoms. The van der Waals surface area contributed by atoms with Crippen molar-refractivity contribution in [3.05, 3.63) is 48.0 Å². The van der Waals surface area contributed by atoms with Crippen molar-refractivity contribution in [3.63, 3.8) is 0 Å². The van der Waals surface area contributed by atoms with E-state index in [0.29, 0.717) is 0 Å². The molecule has 0 saturated carbocycles. The summed E-state index contributed by atoms with van der Waals surface area (Å²) in [5, 5.41) is 19.9. The van der Waals surface area contributed by atoms with Crippen molar-refractivity contribution in [3.8, 4) is 0 Å². The number of rotatable bonds is 5. The zero-order valence-electron chi connectivity index (χ0n) is 10.2. The van der Waals surface area contributed by atoms with Crippen LogP contribution in [0.3, 0.4) is 0 Å². The van der Waals surface area contributed by atoms with E-state index in [0.717, 1.165) is 16.3 Å². The van der Waals surface area contributed by atoms with Gasteiger partial charge in [-0.3, -0.25) is 9.59 Å². The summed E-state index contributed by atoms with van der Waals surface area (Å²) >= 11 is 0. The maximum atomic E-state index is 11.0. The average Bonchev–Trinajstić information content (AvgIpc) is 2.37. The summed E-state index contributed by atoms with van der Waals surface area (Å²) in [5.74, 6) is -3.05. The van der Waals surface area contributed by atoms with Crippen molar-refractivity contribution >= 4 is 22.7 Å². The number of carboxylic acids is 2. The molecule has 2 N–H and O–H groups in total. The van der Waals surface area contributed by atoms with Crippen LogP contribution in [0.5, 0.6) is 0 Å². The number of hydrogen-bond acceptors (Lipinski definition) is 2. The number of fused-ring (bicyclic) bond motifs is 1. The second kappa shape index (κ2) is 5.52. The standard InChI is InChI=1S/C15H14O4/c16-14(17)9-13(15(18)19)8-10-5-6-11-3-1-2-4-12(11)7-10/h1-7,13H,8-9H2,(H,16,17)(H,18,19). The topological polar surface area (TPSA) is 74.6 Å². The van der Waals surface area contributed by atoms with E-state index < -0.39 is 17.9 Å². The van der Waals surface area contributed by atoms with E-state index in [1.54, 1.807) is 0 Å². The van der Waals surface area contributed by atoms with E-state index in [2.05, 4.69) is 0 Å². The molecule has 0 fully saturated rings. The minimum absolute atomic E-state index is 0.229. The minimum atomic E-state index is -1.09. The van der Waals surface area contributed by atoms with Gasteiger partial charge in [0.25, 0.3) is 0 Å². The molecule has 0 amide bonds. The Balaban J connectivity index is 2.23. The van der Waals surface area contributed by atoms with Crippen LogP contribution in [0.2, 0.25) is 0 Å². The van der Waals surface area contributed by atoms with Gasteiger partial charge in [-0.1, -0.05) is 42.5 Å². The van der Waals surface area contributed by atoms with Crippen LogP contribution in [-0.4, -0.2) is 22.2 Å². The number of carboxylic acid groups (broad SMARTS) is 2. The zero-order valence-corrected chi connectivity index (χ0v) is 10.2. The number of aliphatic carboxylic acids is 2. The van der Waals surface area contributed by atoms with E-state index in [-0.39, 0.29) is 12.8 Å². The summed E-state index contributed by atoms with van der Waals surface area (Å²) in [6.07, 6.45) is -0.130. The molecule has 1 unspecified atom stereocenters. The van der Waals surface area contributed by atoms with Crippen molar-refractivity contribution < 1.29 is 19.8 Å². The summed E-state index contributed by atoms with van der Waals surface area (Å²) in [5.41, 5.74) is 0.840. The second-order valence-electron chi connectivity index (χ2n) is 4.52. The molecule has 2 aromatic carbocycles. The Morgan fingerprint density at radius 3 is 2.32 bits per heavy atom. The maximum absolute atomic E-state index is 11.0. The highest BCUT2D eigenvalue weighted by molar-refractivity contribution is 5.83. The normalized spacial score (nSPS) is 12.2. The highest BCUT2D eigenvalue weighted by atomic mass is 16.4. The van der Waals surface area contributed by atoms with Crippen LogP contribution in [0.1, 0.15) is 12.0 Å². The van der Waals surface area contributed by atoms with Crippen LogP contribution in [-0.2, 0) is 16.0 Å². The van der Waals surface area contributed by atoms with Crippen LogP contribution < -0.4 is 0 Å². The van der Waals surface area contributed by atoms with Crippen molar-refractivity contribution in [2.75, 3.05) is 0 Å². The van der Waals surface area contributed by atoms with Gasteiger partial charge in [0.05, 0.1) is 12.3 Å². The monoisotopic (exact) mass is 258 g/mol. The zero-order chi connectivity index (χ0) is 13.8. The van der Waals surface area contributed by atoms with E-state index >= 15 is 0 Å². The fourth-order valence-corrected chi connectivity index (χ4v) is 2.11. The minimum Gasteiger partial charge on any atom is -0.481 e. The van der Waals surface area contributed by atoms with E-state index in [9.17, 15) is 9.59 Å². The molecule has 0 heterocycles. The Hall–Kier alpha value is -2.36. The smallest absolute Gasteiger partial charge is 0.307 e. The van der Waals surface area contributed by atoms with Crippen molar-refractivity contribution in [1.29, 1.82) is 0 Å². The molecular weight excluding hydrogens is 244 g/mol. The van der Waals surface area contributed by atoms with Crippen LogP contribution in [0.4, 0.5) is 0 Å². The van der Waals surface area contributed by atoms with E-state index in [4.69, 9.17) is 10.2 Å². The average molecular weight is 258 g/mol. The first-order valence-electron chi connectivity index (χ1n) is 5.98. The van der Waals surface area contributed by atoms with Crippen molar-refractivity contribution in [2.45, 2.75) is 12.8 Å². The fourth-order valence-electron chi connectivity index (χ4n) is 2.11. The third kappa shape index (κ3) is 3.31. The number of hydrogen-bond donors (Lipinski definition) is 2. The van der Waals surface area contributed by atoms with Gasteiger partial charge >= 0.3 is 11.9 Å². The Morgan fingerprint density at radius 1 is 1.00 bits per heavy atom. The molecule has 0 aliphatic heterocycles. The van der Waals surface area contributed by atoms with Crippen molar-refractivity contribution in [1.82, 2.24) is 0 Å². The Kier molecular flexibility index (Phi) is 3.80. The molecule has 0 radical (unpaired) electrons. The summed E-state index contributed by atoms with van der Waals surface area (Å²) in [7, 11) is 0. The molecule has 19 heavy (non-hydrogen) atoms. The largest absolute Gasteiger partial charge is 0.481 e. The molecule has 98 valence electrons. The molecule has 0 aromatic heterocycles. The third-order valence-electron chi connectivity index (χ3n) is 3.07. The quantitative estimate of drug-likeness (QED) is 0.864. The first-order chi connectivity index (χ1) is 9.06. The molecule has 2 rings (SSSR count). The van der Waals surface area contributed by atoms with Gasteiger partial charge in [-0.05, 0) is 22.8 Å². The number of carbonyl (C=O) groups is 2. The third-order valence-corrected chi connectivity index (χ3v) is 3.07. The van der Waals surface area contributed by atoms with Gasteiger partial charge in [0.1, 0.15) is 0 Å². The molecule has 0 aliphatic carbocycles. The lowest BCUT2D eigenvalue weighted by Crippen LogP contribution is -2.20. The molecule has 4 nitrogen and oxygen atoms in total. The van der Waals surface area contributed by atoms with Crippen LogP contribution >= 0.6 is 0 Å². The molecule has 1 atom stereocenters. The lowest BCUT2D eigenvalue weighted by atomic mass is 9.95. The summed E-state index contributed by atoms with van der Waals surface area (Å²) in [4.78, 5) is 21.7. The van der Waals surface area contributed by atoms with Gasteiger partial charge in [0.2, 0.25) is 0 Å². The van der Waals surface area contributed by atoms with Crippen LogP contribution in [0.25, 0.3) is 10.8 Å². The first kappa shape index (κ1) is 13.1. The predicted molar refractivity (Wildman–Crippen MR) is 71.0 cm³/mol. The molecule has 4 heteroatoms. The lowest BCUT2D eigenvalue weighted by Gasteiger charge is -2.10. The summed E-state index contributed by atoms with van der Waals surface area (Å²) < 4.78 is 0. The Labute approximate surface area is 110 Å². The maximum Gasteiger partial charge on any atom is 0.307 e. The van der Waals surface area contributed by atoms with Gasteiger partial charge in [0.15, 0.2) is 0 Å². The Bertz CT molecular complexity index is 618. The molecule has 0 aliphatic rings. The van der Waals surface area contributed by atoms with Crippen molar-refractivity contribution in [2.24, 2.45) is 5.92 Å². The van der Waals surface area contributed by atoms with Crippen LogP contribution in [0.15, 0.2) is 42.5 Å². The predicted octanol–water partition coefficient (Wildman–Crippen LogP) is 2.56. The molecule has 0 saturated heterocycles. The van der Waals surface area contributed by atoms with Gasteiger partial charge in [0, 0.05) is 0 Å². The van der Waals surface area contributed by atoms with E-state index in [1.165, 1.54) is 0 Å². The lowest BCUT2D eigenvalue weighted by molar-refractivity contribution is -0.148. The Morgan fingerprint density at radius 2 is 1.68 bits per heavy atom. The van der Waals surface area contributed by atoms with Gasteiger partial charge in [-0.2, -0.15) is 0 Å². The summed E-state index contributed by atoms with van der Waals surface area (Å²) in [6, 6.07) is 13.5. The van der Waals surface area contributed by atoms with E-state index in [1.807, 2.05) is 42.5 Å². The highest BCUT2D eigenvalue weighted by Gasteiger charge is 2.21. The second-order valence-corrected chi connectivity index (χ2v) is 4.52. The highest BCUT2D eigenvalue weighted by Crippen LogP contribution is 2.19. The first-order valence-corrected chi connectivity index (χ1v) is 5.98. The fraction of sp³-hybridized carbons (Fsp3) is 0.200. The number of benzene rings is 2. The SMILES string of the molecule is O=C(O)CC(Cc1ccc2ccccc2c1)C(=O)O. The van der Waals surface area contributed by atoms with Crippen LogP contribution in [0, 0.1) is 5.92 Å². The molecule has 2 aromatic rings. The molecular formula is C15H14O4. The van der Waals surface area contributed by atoms with Gasteiger partial charge in [-0.25, -0.2) is 0 Å².